The van der Waals surface area contributed by atoms with Crippen LogP contribution in [0.25, 0.3) is 0 Å². The predicted molar refractivity (Wildman–Crippen MR) is 94.2 cm³/mol. The topological polar surface area (TPSA) is 12.0 Å². The second-order valence-electron chi connectivity index (χ2n) is 6.11. The van der Waals surface area contributed by atoms with Crippen molar-refractivity contribution >= 4 is 0 Å². The van der Waals surface area contributed by atoms with Crippen LogP contribution in [0.15, 0.2) is 60.7 Å². The molecule has 116 valence electrons. The summed E-state index contributed by atoms with van der Waals surface area (Å²) >= 11 is 0. The third-order valence-corrected chi connectivity index (χ3v) is 4.84. The molecule has 0 radical (unpaired) electrons. The lowest BCUT2D eigenvalue weighted by molar-refractivity contribution is 0.272. The van der Waals surface area contributed by atoms with Crippen LogP contribution < -0.4 is 5.32 Å². The molecule has 0 aliphatic heterocycles. The van der Waals surface area contributed by atoms with Gasteiger partial charge in [-0.15, -0.1) is 0 Å². The van der Waals surface area contributed by atoms with Gasteiger partial charge in [0.05, 0.1) is 0 Å². The van der Waals surface area contributed by atoms with Crippen molar-refractivity contribution in [3.05, 3.63) is 71.8 Å². The molecule has 1 N–H and O–H groups in total. The molecule has 1 nitrogen and oxygen atoms in total. The van der Waals surface area contributed by atoms with Crippen molar-refractivity contribution in [3.8, 4) is 0 Å². The van der Waals surface area contributed by atoms with E-state index in [2.05, 4.69) is 29.6 Å². The van der Waals surface area contributed by atoms with Crippen LogP contribution in [0.2, 0.25) is 0 Å². The summed E-state index contributed by atoms with van der Waals surface area (Å²) in [5.41, 5.74) is 2.20. The largest absolute Gasteiger partial charge is 0.312 e. The van der Waals surface area contributed by atoms with Gasteiger partial charge in [-0.2, -0.15) is 0 Å². The predicted octanol–water partition coefficient (Wildman–Crippen LogP) is 4.91. The van der Waals surface area contributed by atoms with Crippen LogP contribution in [0.5, 0.6) is 0 Å². The molecule has 1 aliphatic rings. The van der Waals surface area contributed by atoms with Crippen molar-refractivity contribution in [3.63, 3.8) is 0 Å². The number of rotatable bonds is 4. The quantitative estimate of drug-likeness (QED) is 0.845. The van der Waals surface area contributed by atoms with E-state index >= 15 is 0 Å². The van der Waals surface area contributed by atoms with Gasteiger partial charge in [0.25, 0.3) is 0 Å². The molecule has 1 heteroatoms. The molecule has 0 aromatic heterocycles. The van der Waals surface area contributed by atoms with Crippen molar-refractivity contribution in [1.29, 1.82) is 0 Å². The molecule has 0 saturated heterocycles. The monoisotopic (exact) mass is 300 g/mol. The first-order valence-electron chi connectivity index (χ1n) is 11.4. The lowest BCUT2D eigenvalue weighted by Gasteiger charge is -2.42. The van der Waals surface area contributed by atoms with E-state index < -0.39 is 19.7 Å². The normalized spacial score (nSPS) is 24.8. The third-order valence-electron chi connectivity index (χ3n) is 4.84. The van der Waals surface area contributed by atoms with Gasteiger partial charge >= 0.3 is 0 Å². The van der Waals surface area contributed by atoms with E-state index in [1.807, 2.05) is 36.4 Å². The average Bonchev–Trinajstić information content (AvgIpc) is 2.68. The third kappa shape index (κ3) is 3.10. The number of nitrogens with one attached hydrogen (secondary N) is 1. The molecule has 1 saturated carbocycles. The van der Waals surface area contributed by atoms with Gasteiger partial charge in [0.1, 0.15) is 0 Å². The van der Waals surface area contributed by atoms with Gasteiger partial charge < -0.3 is 5.32 Å². The molecule has 2 aromatic rings. The van der Waals surface area contributed by atoms with Gasteiger partial charge in [-0.05, 0) is 36.8 Å². The van der Waals surface area contributed by atoms with Gasteiger partial charge in [-0.25, -0.2) is 0 Å². The van der Waals surface area contributed by atoms with Crippen LogP contribution in [0.3, 0.4) is 0 Å². The zero-order valence-corrected chi connectivity index (χ0v) is 12.7. The minimum atomic E-state index is -2.95. The molecule has 3 rings (SSSR count). The molecule has 0 atom stereocenters. The highest BCUT2D eigenvalue weighted by Gasteiger charge is 2.38. The highest BCUT2D eigenvalue weighted by atomic mass is 14.9. The maximum atomic E-state index is 8.25. The Balaban J connectivity index is 1.87. The van der Waals surface area contributed by atoms with Crippen molar-refractivity contribution in [1.82, 2.24) is 5.32 Å². The SMILES string of the molecule is [2H]C([2H])([2H])C([2H])(NC1CCC(c2ccccc2)(c2ccccc2)CC1)C([2H])([2H])[2H]. The van der Waals surface area contributed by atoms with E-state index in [0.29, 0.717) is 12.8 Å². The number of benzene rings is 2. The Kier molecular flexibility index (Phi) is 2.69. The average molecular weight is 300 g/mol. The van der Waals surface area contributed by atoms with Crippen LogP contribution in [0.1, 0.15) is 60.1 Å². The number of hydrogen-bond donors (Lipinski definition) is 1. The van der Waals surface area contributed by atoms with Gasteiger partial charge in [0.2, 0.25) is 0 Å². The van der Waals surface area contributed by atoms with Gasteiger partial charge in [-0.3, -0.25) is 0 Å². The summed E-state index contributed by atoms with van der Waals surface area (Å²) in [5, 5.41) is 2.69. The fourth-order valence-corrected chi connectivity index (χ4v) is 3.72. The van der Waals surface area contributed by atoms with E-state index in [1.165, 1.54) is 11.1 Å². The minimum absolute atomic E-state index is 0.203. The first kappa shape index (κ1) is 8.88. The van der Waals surface area contributed by atoms with Crippen molar-refractivity contribution in [2.75, 3.05) is 0 Å². The van der Waals surface area contributed by atoms with Crippen LogP contribution >= 0.6 is 0 Å². The van der Waals surface area contributed by atoms with Crippen molar-refractivity contribution in [2.24, 2.45) is 0 Å². The molecule has 0 amide bonds. The molecule has 0 bridgehead atoms. The minimum Gasteiger partial charge on any atom is -0.312 e. The summed E-state index contributed by atoms with van der Waals surface area (Å²) in [6.45, 7) is -5.91. The second-order valence-corrected chi connectivity index (χ2v) is 6.11. The molecule has 1 aliphatic carbocycles. The van der Waals surface area contributed by atoms with Gasteiger partial charge in [-0.1, -0.05) is 74.4 Å². The molecule has 22 heavy (non-hydrogen) atoms. The fourth-order valence-electron chi connectivity index (χ4n) is 3.72. The van der Waals surface area contributed by atoms with E-state index in [4.69, 9.17) is 9.60 Å². The molecule has 0 heterocycles. The Hall–Kier alpha value is -1.60. The van der Waals surface area contributed by atoms with Gasteiger partial charge in [0, 0.05) is 27.1 Å². The summed E-state index contributed by atoms with van der Waals surface area (Å²) < 4.78 is 54.0. The Morgan fingerprint density at radius 1 is 0.955 bits per heavy atom. The smallest absolute Gasteiger partial charge is 0.0459 e. The lowest BCUT2D eigenvalue weighted by Crippen LogP contribution is -2.42. The van der Waals surface area contributed by atoms with Crippen molar-refractivity contribution < 1.29 is 9.60 Å². The van der Waals surface area contributed by atoms with E-state index in [-0.39, 0.29) is 11.5 Å². The van der Waals surface area contributed by atoms with Crippen LogP contribution in [0, 0.1) is 0 Å². The summed E-state index contributed by atoms with van der Waals surface area (Å²) in [4.78, 5) is 0. The van der Waals surface area contributed by atoms with Crippen molar-refractivity contribution in [2.45, 2.75) is 56.9 Å². The molecule has 2 aromatic carbocycles. The molecular weight excluding hydrogens is 266 g/mol. The highest BCUT2D eigenvalue weighted by molar-refractivity contribution is 5.39. The van der Waals surface area contributed by atoms with Crippen LogP contribution in [-0.4, -0.2) is 12.1 Å². The Labute approximate surface area is 144 Å². The fraction of sp³-hybridized carbons (Fsp3) is 0.429. The van der Waals surface area contributed by atoms with Gasteiger partial charge in [0.15, 0.2) is 0 Å². The summed E-state index contributed by atoms with van der Waals surface area (Å²) in [5.74, 6) is 0. The Morgan fingerprint density at radius 2 is 1.45 bits per heavy atom. The van der Waals surface area contributed by atoms with E-state index in [1.54, 1.807) is 0 Å². The maximum absolute atomic E-state index is 8.25. The first-order chi connectivity index (χ1) is 13.5. The van der Waals surface area contributed by atoms with Crippen LogP contribution in [-0.2, 0) is 5.41 Å². The molecule has 1 fully saturated rings. The van der Waals surface area contributed by atoms with Crippen LogP contribution in [0.4, 0.5) is 0 Å². The second kappa shape index (κ2) is 6.66. The highest BCUT2D eigenvalue weighted by Crippen LogP contribution is 2.44. The molecule has 0 spiro atoms. The zero-order valence-electron chi connectivity index (χ0n) is 19.7. The maximum Gasteiger partial charge on any atom is 0.0459 e. The first-order valence-corrected chi connectivity index (χ1v) is 7.88. The Bertz CT molecular complexity index is 736. The summed E-state index contributed by atoms with van der Waals surface area (Å²) in [7, 11) is 0. The van der Waals surface area contributed by atoms with E-state index in [0.717, 1.165) is 12.8 Å². The lowest BCUT2D eigenvalue weighted by atomic mass is 9.64. The molecular formula is C21H27N. The Morgan fingerprint density at radius 3 is 1.91 bits per heavy atom. The van der Waals surface area contributed by atoms with E-state index in [9.17, 15) is 0 Å². The molecule has 0 unspecified atom stereocenters. The summed E-state index contributed by atoms with van der Waals surface area (Å²) in [6.07, 6.45) is 2.68. The number of hydrogen-bond acceptors (Lipinski definition) is 1. The zero-order chi connectivity index (χ0) is 21.3. The summed E-state index contributed by atoms with van der Waals surface area (Å²) in [6, 6.07) is 17.5. The standard InChI is InChI=1S/C21H27N/c1-17(2)22-20-13-15-21(16-14-20,18-9-5-3-6-10-18)19-11-7-4-8-12-19/h3-12,17,20,22H,13-16H2,1-2H3/i1D3,2D3,17D.